The fourth-order valence-corrected chi connectivity index (χ4v) is 3.40. The molecule has 1 saturated heterocycles. The van der Waals surface area contributed by atoms with Crippen molar-refractivity contribution in [3.8, 4) is 0 Å². The lowest BCUT2D eigenvalue weighted by Gasteiger charge is -2.27. The third kappa shape index (κ3) is 3.44. The number of aryl methyl sites for hydroxylation is 1. The summed E-state index contributed by atoms with van der Waals surface area (Å²) in [5.41, 5.74) is 2.66. The average Bonchev–Trinajstić information content (AvgIpc) is 3.32. The minimum absolute atomic E-state index is 0.0531. The zero-order valence-corrected chi connectivity index (χ0v) is 16.6. The van der Waals surface area contributed by atoms with Crippen molar-refractivity contribution >= 4 is 28.6 Å². The Hall–Kier alpha value is -3.99. The smallest absolute Gasteiger partial charge is 0.408 e. The maximum absolute atomic E-state index is 12.8. The van der Waals surface area contributed by atoms with Crippen molar-refractivity contribution in [3.05, 3.63) is 64.0 Å². The Balaban J connectivity index is 1.37. The summed E-state index contributed by atoms with van der Waals surface area (Å²) in [6.45, 7) is 1.63. The van der Waals surface area contributed by atoms with E-state index in [1.165, 1.54) is 21.3 Å². The molecule has 31 heavy (non-hydrogen) atoms. The molecule has 0 saturated carbocycles. The summed E-state index contributed by atoms with van der Waals surface area (Å²) in [5.74, 6) is -1.19. The molecule has 0 unspecified atom stereocenters. The maximum atomic E-state index is 12.8. The van der Waals surface area contributed by atoms with Gasteiger partial charge in [-0.1, -0.05) is 6.07 Å². The van der Waals surface area contributed by atoms with Gasteiger partial charge in [0.1, 0.15) is 11.4 Å². The Kier molecular flexibility index (Phi) is 4.51. The van der Waals surface area contributed by atoms with Gasteiger partial charge in [-0.15, -0.1) is 0 Å². The quantitative estimate of drug-likeness (QED) is 0.406. The minimum Gasteiger partial charge on any atom is -0.408 e. The highest BCUT2D eigenvalue weighted by Gasteiger charge is 2.23. The van der Waals surface area contributed by atoms with Gasteiger partial charge in [-0.3, -0.25) is 14.2 Å². The van der Waals surface area contributed by atoms with Crippen molar-refractivity contribution in [2.24, 2.45) is 7.05 Å². The van der Waals surface area contributed by atoms with Crippen LogP contribution in [0.25, 0.3) is 16.7 Å². The molecule has 4 aromatic rings. The van der Waals surface area contributed by atoms with Crippen LogP contribution in [0.1, 0.15) is 26.5 Å². The SMILES string of the molecule is Cn1c(=O)oc2ccc(CNC(=O)c3cc(C(=O)NC4CNC4)n4nccc4n3)cc21. The van der Waals surface area contributed by atoms with Crippen LogP contribution >= 0.6 is 0 Å². The number of rotatable bonds is 5. The second-order valence-corrected chi connectivity index (χ2v) is 7.37. The number of hydrogen-bond donors (Lipinski definition) is 3. The molecular formula is C20H19N7O4. The van der Waals surface area contributed by atoms with Crippen molar-refractivity contribution in [1.82, 2.24) is 35.1 Å². The van der Waals surface area contributed by atoms with E-state index in [1.54, 1.807) is 31.3 Å². The predicted molar refractivity (Wildman–Crippen MR) is 110 cm³/mol. The Morgan fingerprint density at radius 1 is 1.23 bits per heavy atom. The Labute approximate surface area is 175 Å². The first kappa shape index (κ1) is 19.0. The van der Waals surface area contributed by atoms with Gasteiger partial charge in [-0.25, -0.2) is 14.3 Å². The number of benzene rings is 1. The van der Waals surface area contributed by atoms with Crippen LogP contribution in [-0.4, -0.2) is 50.1 Å². The van der Waals surface area contributed by atoms with Gasteiger partial charge in [0.25, 0.3) is 11.8 Å². The molecule has 2 amide bonds. The molecule has 11 heteroatoms. The molecule has 3 aromatic heterocycles. The van der Waals surface area contributed by atoms with Crippen molar-refractivity contribution in [1.29, 1.82) is 0 Å². The number of oxazole rings is 1. The summed E-state index contributed by atoms with van der Waals surface area (Å²) >= 11 is 0. The van der Waals surface area contributed by atoms with Crippen LogP contribution in [0.2, 0.25) is 0 Å². The number of aromatic nitrogens is 4. The third-order valence-electron chi connectivity index (χ3n) is 5.25. The minimum atomic E-state index is -0.446. The Bertz CT molecular complexity index is 1380. The summed E-state index contributed by atoms with van der Waals surface area (Å²) in [7, 11) is 1.62. The molecular weight excluding hydrogens is 402 g/mol. The van der Waals surface area contributed by atoms with E-state index in [0.717, 1.165) is 5.56 Å². The number of nitrogens with zero attached hydrogens (tertiary/aromatic N) is 4. The summed E-state index contributed by atoms with van der Waals surface area (Å²) in [5, 5.41) is 12.9. The molecule has 0 atom stereocenters. The van der Waals surface area contributed by atoms with Gasteiger partial charge >= 0.3 is 5.76 Å². The van der Waals surface area contributed by atoms with E-state index < -0.39 is 11.7 Å². The van der Waals surface area contributed by atoms with E-state index in [4.69, 9.17) is 4.42 Å². The molecule has 1 aliphatic rings. The maximum Gasteiger partial charge on any atom is 0.419 e. The van der Waals surface area contributed by atoms with Crippen molar-refractivity contribution in [2.45, 2.75) is 12.6 Å². The zero-order chi connectivity index (χ0) is 21.5. The van der Waals surface area contributed by atoms with E-state index in [9.17, 15) is 14.4 Å². The first-order valence-electron chi connectivity index (χ1n) is 9.72. The van der Waals surface area contributed by atoms with Crippen LogP contribution in [0.3, 0.4) is 0 Å². The van der Waals surface area contributed by atoms with Gasteiger partial charge in [-0.2, -0.15) is 5.10 Å². The Morgan fingerprint density at radius 3 is 2.84 bits per heavy atom. The number of carbonyl (C=O) groups excluding carboxylic acids is 2. The van der Waals surface area contributed by atoms with Crippen LogP contribution in [0.15, 0.2) is 45.7 Å². The number of nitrogens with one attached hydrogen (secondary N) is 3. The van der Waals surface area contributed by atoms with Gasteiger partial charge in [0, 0.05) is 38.8 Å². The molecule has 0 aliphatic carbocycles. The molecule has 0 bridgehead atoms. The lowest BCUT2D eigenvalue weighted by Crippen LogP contribution is -2.57. The predicted octanol–water partition coefficient (Wildman–Crippen LogP) is -0.194. The van der Waals surface area contributed by atoms with E-state index in [1.807, 2.05) is 0 Å². The third-order valence-corrected chi connectivity index (χ3v) is 5.25. The average molecular weight is 421 g/mol. The van der Waals surface area contributed by atoms with Crippen molar-refractivity contribution in [3.63, 3.8) is 0 Å². The highest BCUT2D eigenvalue weighted by atomic mass is 16.4. The highest BCUT2D eigenvalue weighted by molar-refractivity contribution is 5.98. The zero-order valence-electron chi connectivity index (χ0n) is 16.6. The van der Waals surface area contributed by atoms with Gasteiger partial charge in [0.15, 0.2) is 11.2 Å². The Morgan fingerprint density at radius 2 is 2.06 bits per heavy atom. The monoisotopic (exact) mass is 421 g/mol. The van der Waals surface area contributed by atoms with Crippen LogP contribution in [-0.2, 0) is 13.6 Å². The highest BCUT2D eigenvalue weighted by Crippen LogP contribution is 2.14. The van der Waals surface area contributed by atoms with Crippen molar-refractivity contribution < 1.29 is 14.0 Å². The first-order chi connectivity index (χ1) is 15.0. The van der Waals surface area contributed by atoms with Crippen molar-refractivity contribution in [2.75, 3.05) is 13.1 Å². The van der Waals surface area contributed by atoms with Gasteiger partial charge in [-0.05, 0) is 17.7 Å². The fourth-order valence-electron chi connectivity index (χ4n) is 3.40. The molecule has 0 spiro atoms. The summed E-state index contributed by atoms with van der Waals surface area (Å²) in [6, 6.07) is 8.35. The number of fused-ring (bicyclic) bond motifs is 2. The van der Waals surface area contributed by atoms with E-state index in [2.05, 4.69) is 26.0 Å². The second kappa shape index (κ2) is 7.36. The number of hydrogen-bond acceptors (Lipinski definition) is 7. The topological polar surface area (TPSA) is 136 Å². The lowest BCUT2D eigenvalue weighted by molar-refractivity contribution is 0.0916. The molecule has 5 rings (SSSR count). The van der Waals surface area contributed by atoms with Gasteiger partial charge in [0.2, 0.25) is 0 Å². The molecule has 1 aromatic carbocycles. The molecule has 4 heterocycles. The van der Waals surface area contributed by atoms with Gasteiger partial charge in [0.05, 0.1) is 17.8 Å². The molecule has 11 nitrogen and oxygen atoms in total. The second-order valence-electron chi connectivity index (χ2n) is 7.37. The van der Waals surface area contributed by atoms with Gasteiger partial charge < -0.3 is 20.4 Å². The fraction of sp³-hybridized carbons (Fsp3) is 0.250. The largest absolute Gasteiger partial charge is 0.419 e. The summed E-state index contributed by atoms with van der Waals surface area (Å²) < 4.78 is 7.93. The number of amides is 2. The lowest BCUT2D eigenvalue weighted by atomic mass is 10.1. The molecule has 158 valence electrons. The van der Waals surface area contributed by atoms with Crippen LogP contribution < -0.4 is 21.7 Å². The molecule has 0 radical (unpaired) electrons. The van der Waals surface area contributed by atoms with E-state index in [-0.39, 0.29) is 29.9 Å². The normalized spacial score (nSPS) is 14.0. The number of carbonyl (C=O) groups is 2. The molecule has 3 N–H and O–H groups in total. The van der Waals surface area contributed by atoms with E-state index >= 15 is 0 Å². The van der Waals surface area contributed by atoms with Crippen LogP contribution in [0, 0.1) is 0 Å². The molecule has 1 aliphatic heterocycles. The van der Waals surface area contributed by atoms with Crippen LogP contribution in [0.4, 0.5) is 0 Å². The first-order valence-corrected chi connectivity index (χ1v) is 9.72. The molecule has 1 fully saturated rings. The summed E-state index contributed by atoms with van der Waals surface area (Å²) in [4.78, 5) is 41.4. The standard InChI is InChI=1S/C20H19N7O4/c1-26-14-6-11(2-3-16(14)31-20(26)30)8-22-18(28)13-7-15(19(29)24-12-9-21-10-12)27-17(25-13)4-5-23-27/h2-7,12,21H,8-10H2,1H3,(H,22,28)(H,24,29). The summed E-state index contributed by atoms with van der Waals surface area (Å²) in [6.07, 6.45) is 1.52. The van der Waals surface area contributed by atoms with E-state index in [0.29, 0.717) is 29.8 Å². The van der Waals surface area contributed by atoms with Crippen LogP contribution in [0.5, 0.6) is 0 Å².